The van der Waals surface area contributed by atoms with Crippen LogP contribution in [0.25, 0.3) is 16.5 Å². The van der Waals surface area contributed by atoms with Crippen molar-refractivity contribution in [3.8, 4) is 0 Å². The van der Waals surface area contributed by atoms with Gasteiger partial charge in [-0.1, -0.05) is 36.4 Å². The molecule has 0 fully saturated rings. The topological polar surface area (TPSA) is 61.0 Å². The van der Waals surface area contributed by atoms with Gasteiger partial charge >= 0.3 is 6.03 Å². The summed E-state index contributed by atoms with van der Waals surface area (Å²) in [4.78, 5) is 14.3. The SMILES string of the molecule is O=C(Nc1n[nH]c2ccccc12)N1CC=C(c2cccc(CF)c2)CC1. The van der Waals surface area contributed by atoms with E-state index in [4.69, 9.17) is 0 Å². The van der Waals surface area contributed by atoms with Crippen molar-refractivity contribution in [3.05, 3.63) is 65.7 Å². The molecule has 0 aliphatic carbocycles. The summed E-state index contributed by atoms with van der Waals surface area (Å²) in [6.45, 7) is 0.663. The monoisotopic (exact) mass is 350 g/mol. The minimum absolute atomic E-state index is 0.171. The van der Waals surface area contributed by atoms with Crippen molar-refractivity contribution in [3.63, 3.8) is 0 Å². The molecule has 5 nitrogen and oxygen atoms in total. The largest absolute Gasteiger partial charge is 0.323 e. The molecule has 1 aliphatic heterocycles. The minimum Gasteiger partial charge on any atom is -0.320 e. The highest BCUT2D eigenvalue weighted by atomic mass is 19.1. The summed E-state index contributed by atoms with van der Waals surface area (Å²) in [7, 11) is 0. The maximum atomic E-state index is 12.8. The maximum absolute atomic E-state index is 12.8. The Labute approximate surface area is 150 Å². The summed E-state index contributed by atoms with van der Waals surface area (Å²) in [5, 5.41) is 10.8. The van der Waals surface area contributed by atoms with E-state index >= 15 is 0 Å². The van der Waals surface area contributed by atoms with E-state index in [1.54, 1.807) is 11.0 Å². The summed E-state index contributed by atoms with van der Waals surface area (Å²) in [6, 6.07) is 15.0. The molecule has 2 N–H and O–H groups in total. The van der Waals surface area contributed by atoms with Crippen LogP contribution in [0.3, 0.4) is 0 Å². The Morgan fingerprint density at radius 3 is 2.92 bits per heavy atom. The molecule has 2 aromatic carbocycles. The molecule has 0 atom stereocenters. The molecular weight excluding hydrogens is 331 g/mol. The number of aromatic nitrogens is 2. The number of hydrogen-bond donors (Lipinski definition) is 2. The van der Waals surface area contributed by atoms with Crippen molar-refractivity contribution >= 4 is 28.3 Å². The molecule has 4 rings (SSSR count). The summed E-state index contributed by atoms with van der Waals surface area (Å²) in [5.41, 5.74) is 3.73. The van der Waals surface area contributed by atoms with Crippen molar-refractivity contribution in [2.24, 2.45) is 0 Å². The summed E-state index contributed by atoms with van der Waals surface area (Å²) < 4.78 is 12.8. The van der Waals surface area contributed by atoms with Crippen LogP contribution in [0.1, 0.15) is 17.5 Å². The smallest absolute Gasteiger partial charge is 0.320 e. The first-order valence-corrected chi connectivity index (χ1v) is 8.58. The van der Waals surface area contributed by atoms with Gasteiger partial charge in [-0.05, 0) is 41.3 Å². The fourth-order valence-electron chi connectivity index (χ4n) is 3.21. The first-order valence-electron chi connectivity index (χ1n) is 8.58. The Balaban J connectivity index is 1.45. The average molecular weight is 350 g/mol. The highest BCUT2D eigenvalue weighted by Crippen LogP contribution is 2.25. The van der Waals surface area contributed by atoms with Crippen LogP contribution < -0.4 is 5.32 Å². The third kappa shape index (κ3) is 3.18. The number of para-hydroxylation sites is 1. The fraction of sp³-hybridized carbons (Fsp3) is 0.200. The molecule has 1 aromatic heterocycles. The van der Waals surface area contributed by atoms with Gasteiger partial charge in [0.15, 0.2) is 5.82 Å². The molecule has 2 amide bonds. The molecule has 0 radical (unpaired) electrons. The highest BCUT2D eigenvalue weighted by Gasteiger charge is 2.19. The number of carbonyl (C=O) groups is 1. The normalized spacial score (nSPS) is 14.3. The van der Waals surface area contributed by atoms with Crippen LogP contribution in [0.5, 0.6) is 0 Å². The van der Waals surface area contributed by atoms with E-state index in [9.17, 15) is 9.18 Å². The van der Waals surface area contributed by atoms with E-state index in [2.05, 4.69) is 15.5 Å². The van der Waals surface area contributed by atoms with E-state index in [1.807, 2.05) is 48.5 Å². The fourth-order valence-corrected chi connectivity index (χ4v) is 3.21. The predicted molar refractivity (Wildman–Crippen MR) is 101 cm³/mol. The lowest BCUT2D eigenvalue weighted by Crippen LogP contribution is -2.38. The number of nitrogens with one attached hydrogen (secondary N) is 2. The van der Waals surface area contributed by atoms with Gasteiger partial charge in [-0.25, -0.2) is 9.18 Å². The number of rotatable bonds is 3. The minimum atomic E-state index is -0.465. The number of anilines is 1. The molecule has 3 aromatic rings. The number of hydrogen-bond acceptors (Lipinski definition) is 2. The Kier molecular flexibility index (Phi) is 4.39. The Bertz CT molecular complexity index is 979. The summed E-state index contributed by atoms with van der Waals surface area (Å²) in [5.74, 6) is 0.538. The van der Waals surface area contributed by atoms with Gasteiger partial charge in [-0.3, -0.25) is 10.4 Å². The number of urea groups is 1. The van der Waals surface area contributed by atoms with Crippen LogP contribution in [-0.4, -0.2) is 34.2 Å². The quantitative estimate of drug-likeness (QED) is 0.737. The second-order valence-electron chi connectivity index (χ2n) is 6.31. The second kappa shape index (κ2) is 7.00. The van der Waals surface area contributed by atoms with E-state index in [0.717, 1.165) is 28.5 Å². The second-order valence-corrected chi connectivity index (χ2v) is 6.31. The predicted octanol–water partition coefficient (Wildman–Crippen LogP) is 4.35. The molecule has 6 heteroatoms. The van der Waals surface area contributed by atoms with Gasteiger partial charge in [-0.15, -0.1) is 0 Å². The zero-order valence-corrected chi connectivity index (χ0v) is 14.2. The van der Waals surface area contributed by atoms with Crippen LogP contribution in [0.15, 0.2) is 54.6 Å². The van der Waals surface area contributed by atoms with Crippen LogP contribution in [0.2, 0.25) is 0 Å². The third-order valence-corrected chi connectivity index (χ3v) is 4.64. The number of alkyl halides is 1. The van der Waals surface area contributed by atoms with Crippen molar-refractivity contribution in [1.29, 1.82) is 0 Å². The molecule has 0 unspecified atom stereocenters. The average Bonchev–Trinajstić information content (AvgIpc) is 3.11. The summed E-state index contributed by atoms with van der Waals surface area (Å²) in [6.07, 6.45) is 2.77. The number of H-pyrrole nitrogens is 1. The standard InChI is InChI=1S/C20H19FN4O/c21-13-14-4-3-5-16(12-14)15-8-10-25(11-9-15)20(26)22-19-17-6-1-2-7-18(17)23-24-19/h1-8,12H,9-11,13H2,(H2,22,23,24,26). The molecule has 0 spiro atoms. The van der Waals surface area contributed by atoms with Crippen molar-refractivity contribution in [2.45, 2.75) is 13.1 Å². The van der Waals surface area contributed by atoms with Crippen molar-refractivity contribution in [1.82, 2.24) is 15.1 Å². The number of amides is 2. The first kappa shape index (κ1) is 16.3. The van der Waals surface area contributed by atoms with E-state index in [-0.39, 0.29) is 6.03 Å². The number of benzene rings is 2. The molecule has 2 heterocycles. The Hall–Kier alpha value is -3.15. The van der Waals surface area contributed by atoms with Crippen LogP contribution in [-0.2, 0) is 6.67 Å². The van der Waals surface area contributed by atoms with Crippen molar-refractivity contribution in [2.75, 3.05) is 18.4 Å². The van der Waals surface area contributed by atoms with E-state index < -0.39 is 6.67 Å². The van der Waals surface area contributed by atoms with Crippen LogP contribution in [0.4, 0.5) is 15.0 Å². The van der Waals surface area contributed by atoms with Gasteiger partial charge in [0.05, 0.1) is 5.52 Å². The molecule has 0 bridgehead atoms. The van der Waals surface area contributed by atoms with Gasteiger partial charge in [0.25, 0.3) is 0 Å². The molecule has 26 heavy (non-hydrogen) atoms. The molecule has 0 saturated carbocycles. The lowest BCUT2D eigenvalue weighted by Gasteiger charge is -2.26. The van der Waals surface area contributed by atoms with Crippen LogP contribution in [0, 0.1) is 0 Å². The van der Waals surface area contributed by atoms with Gasteiger partial charge < -0.3 is 4.90 Å². The Morgan fingerprint density at radius 1 is 1.23 bits per heavy atom. The zero-order chi connectivity index (χ0) is 17.9. The van der Waals surface area contributed by atoms with E-state index in [1.165, 1.54) is 0 Å². The summed E-state index contributed by atoms with van der Waals surface area (Å²) >= 11 is 0. The first-order chi connectivity index (χ1) is 12.7. The van der Waals surface area contributed by atoms with Gasteiger partial charge in [0, 0.05) is 18.5 Å². The highest BCUT2D eigenvalue weighted by molar-refractivity contribution is 5.99. The third-order valence-electron chi connectivity index (χ3n) is 4.64. The number of halogens is 1. The Morgan fingerprint density at radius 2 is 2.12 bits per heavy atom. The van der Waals surface area contributed by atoms with Crippen LogP contribution >= 0.6 is 0 Å². The number of carbonyl (C=O) groups excluding carboxylic acids is 1. The molecular formula is C20H19FN4O. The molecule has 132 valence electrons. The van der Waals surface area contributed by atoms with Gasteiger partial charge in [-0.2, -0.15) is 5.10 Å². The number of nitrogens with zero attached hydrogens (tertiary/aromatic N) is 2. The molecule has 0 saturated heterocycles. The number of aromatic amines is 1. The lowest BCUT2D eigenvalue weighted by atomic mass is 9.98. The maximum Gasteiger partial charge on any atom is 0.323 e. The van der Waals surface area contributed by atoms with E-state index in [0.29, 0.717) is 24.5 Å². The zero-order valence-electron chi connectivity index (χ0n) is 14.2. The number of fused-ring (bicyclic) bond motifs is 1. The van der Waals surface area contributed by atoms with Crippen molar-refractivity contribution < 1.29 is 9.18 Å². The van der Waals surface area contributed by atoms with Gasteiger partial charge in [0.2, 0.25) is 0 Å². The van der Waals surface area contributed by atoms with Gasteiger partial charge in [0.1, 0.15) is 6.67 Å². The lowest BCUT2D eigenvalue weighted by molar-refractivity contribution is 0.217. The molecule has 1 aliphatic rings.